The van der Waals surface area contributed by atoms with Gasteiger partial charge in [-0.2, -0.15) is 0 Å². The first kappa shape index (κ1) is 16.5. The van der Waals surface area contributed by atoms with Crippen molar-refractivity contribution in [1.82, 2.24) is 0 Å². The average molecular weight is 321 g/mol. The molecule has 0 heterocycles. The van der Waals surface area contributed by atoms with E-state index in [1.165, 1.54) is 0 Å². The highest BCUT2D eigenvalue weighted by molar-refractivity contribution is 7.91. The van der Waals surface area contributed by atoms with Gasteiger partial charge < -0.3 is 15.1 Å². The van der Waals surface area contributed by atoms with Crippen LogP contribution in [-0.4, -0.2) is 44.9 Å². The highest BCUT2D eigenvalue weighted by Gasteiger charge is 2.17. The zero-order valence-corrected chi connectivity index (χ0v) is 12.9. The smallest absolute Gasteiger partial charge is 0.206 e. The Kier molecular flexibility index (Phi) is 5.54. The molecule has 0 fully saturated rings. The topological polar surface area (TPSA) is 77.8 Å². The van der Waals surface area contributed by atoms with Gasteiger partial charge in [0, 0.05) is 18.8 Å². The lowest BCUT2D eigenvalue weighted by molar-refractivity contribution is 0.281. The lowest BCUT2D eigenvalue weighted by Crippen LogP contribution is -2.29. The van der Waals surface area contributed by atoms with E-state index in [4.69, 9.17) is 10.2 Å². The summed E-state index contributed by atoms with van der Waals surface area (Å²) in [6.45, 7) is 0.685. The summed E-state index contributed by atoms with van der Waals surface area (Å²) in [5.74, 6) is 0. The number of nitrogens with zero attached hydrogens (tertiary/aromatic N) is 1. The molecule has 0 unspecified atom stereocenters. The Balaban J connectivity index is 2.28. The second-order valence-corrected chi connectivity index (χ2v) is 6.69. The lowest BCUT2D eigenvalue weighted by Gasteiger charge is -2.23. The number of sulfone groups is 1. The molecule has 0 aliphatic heterocycles. The van der Waals surface area contributed by atoms with E-state index in [-0.39, 0.29) is 23.0 Å². The summed E-state index contributed by atoms with van der Waals surface area (Å²) in [7, 11) is -3.52. The minimum absolute atomic E-state index is 0.0376. The van der Waals surface area contributed by atoms with Gasteiger partial charge in [-0.3, -0.25) is 0 Å². The van der Waals surface area contributed by atoms with Crippen LogP contribution in [0.5, 0.6) is 0 Å². The van der Waals surface area contributed by atoms with Crippen LogP contribution in [0.3, 0.4) is 0 Å². The third kappa shape index (κ3) is 3.65. The van der Waals surface area contributed by atoms with Crippen LogP contribution in [0.1, 0.15) is 0 Å². The van der Waals surface area contributed by atoms with Crippen LogP contribution >= 0.6 is 0 Å². The molecule has 2 rings (SSSR count). The number of anilines is 1. The fourth-order valence-electron chi connectivity index (χ4n) is 2.18. The SMILES string of the molecule is O=S(=O)(c1ccccc1)c1ccc(N(CCO)CCO)cc1. The van der Waals surface area contributed by atoms with Crippen molar-refractivity contribution in [3.63, 3.8) is 0 Å². The minimum Gasteiger partial charge on any atom is -0.395 e. The molecule has 2 N–H and O–H groups in total. The predicted molar refractivity (Wildman–Crippen MR) is 84.7 cm³/mol. The molecule has 0 saturated heterocycles. The number of benzene rings is 2. The van der Waals surface area contributed by atoms with Crippen LogP contribution in [0.15, 0.2) is 64.4 Å². The molecule has 5 nitrogen and oxygen atoms in total. The number of hydrogen-bond acceptors (Lipinski definition) is 5. The Morgan fingerprint density at radius 1 is 0.773 bits per heavy atom. The molecule has 0 amide bonds. The van der Waals surface area contributed by atoms with Crippen LogP contribution in [-0.2, 0) is 9.84 Å². The second-order valence-electron chi connectivity index (χ2n) is 4.74. The molecule has 0 radical (unpaired) electrons. The molecule has 118 valence electrons. The van der Waals surface area contributed by atoms with E-state index in [1.807, 2.05) is 0 Å². The molecule has 0 spiro atoms. The van der Waals surface area contributed by atoms with Crippen LogP contribution in [0.25, 0.3) is 0 Å². The first-order valence-corrected chi connectivity index (χ1v) is 8.45. The fraction of sp³-hybridized carbons (Fsp3) is 0.250. The molecule has 22 heavy (non-hydrogen) atoms. The van der Waals surface area contributed by atoms with E-state index in [9.17, 15) is 8.42 Å². The number of aliphatic hydroxyl groups excluding tert-OH is 2. The molecular formula is C16H19NO4S. The first-order chi connectivity index (χ1) is 10.6. The van der Waals surface area contributed by atoms with E-state index in [0.29, 0.717) is 13.1 Å². The molecule has 6 heteroatoms. The maximum absolute atomic E-state index is 12.5. The standard InChI is InChI=1S/C16H19NO4S/c18-12-10-17(11-13-19)14-6-8-16(9-7-14)22(20,21)15-4-2-1-3-5-15/h1-9,18-19H,10-13H2. The Morgan fingerprint density at radius 2 is 1.27 bits per heavy atom. The van der Waals surface area contributed by atoms with Crippen molar-refractivity contribution >= 4 is 15.5 Å². The van der Waals surface area contributed by atoms with E-state index in [0.717, 1.165) is 5.69 Å². The molecule has 0 aliphatic carbocycles. The van der Waals surface area contributed by atoms with Gasteiger partial charge in [-0.15, -0.1) is 0 Å². The third-order valence-corrected chi connectivity index (χ3v) is 5.09. The molecule has 2 aromatic rings. The van der Waals surface area contributed by atoms with Gasteiger partial charge >= 0.3 is 0 Å². The van der Waals surface area contributed by atoms with Crippen molar-refractivity contribution in [1.29, 1.82) is 0 Å². The van der Waals surface area contributed by atoms with Crippen molar-refractivity contribution in [2.45, 2.75) is 9.79 Å². The normalized spacial score (nSPS) is 11.4. The van der Waals surface area contributed by atoms with Crippen LogP contribution in [0, 0.1) is 0 Å². The Labute approximate surface area is 130 Å². The van der Waals surface area contributed by atoms with Gasteiger partial charge in [0.2, 0.25) is 9.84 Å². The summed E-state index contributed by atoms with van der Waals surface area (Å²) >= 11 is 0. The van der Waals surface area contributed by atoms with Crippen molar-refractivity contribution in [3.05, 3.63) is 54.6 Å². The maximum Gasteiger partial charge on any atom is 0.206 e. The van der Waals surface area contributed by atoms with Gasteiger partial charge in [0.05, 0.1) is 23.0 Å². The molecule has 2 aromatic carbocycles. The fourth-order valence-corrected chi connectivity index (χ4v) is 3.47. The quantitative estimate of drug-likeness (QED) is 0.804. The Morgan fingerprint density at radius 3 is 1.77 bits per heavy atom. The number of aliphatic hydroxyl groups is 2. The van der Waals surface area contributed by atoms with Gasteiger partial charge in [-0.1, -0.05) is 18.2 Å². The molecule has 0 bridgehead atoms. The van der Waals surface area contributed by atoms with Crippen LogP contribution < -0.4 is 4.90 Å². The summed E-state index contributed by atoms with van der Waals surface area (Å²) in [5.41, 5.74) is 0.759. The third-order valence-electron chi connectivity index (χ3n) is 3.31. The first-order valence-electron chi connectivity index (χ1n) is 6.96. The Bertz CT molecular complexity index is 678. The van der Waals surface area contributed by atoms with Gasteiger partial charge in [0.1, 0.15) is 0 Å². The second kappa shape index (κ2) is 7.40. The van der Waals surface area contributed by atoms with E-state index in [1.54, 1.807) is 59.5 Å². The minimum atomic E-state index is -3.52. The zero-order chi connectivity index (χ0) is 16.0. The average Bonchev–Trinajstić information content (AvgIpc) is 2.55. The summed E-state index contributed by atoms with van der Waals surface area (Å²) in [5, 5.41) is 18.1. The highest BCUT2D eigenvalue weighted by Crippen LogP contribution is 2.23. The zero-order valence-electron chi connectivity index (χ0n) is 12.1. The molecule has 0 saturated carbocycles. The van der Waals surface area contributed by atoms with E-state index >= 15 is 0 Å². The van der Waals surface area contributed by atoms with Crippen molar-refractivity contribution in [3.8, 4) is 0 Å². The molecule has 0 aromatic heterocycles. The van der Waals surface area contributed by atoms with Crippen LogP contribution in [0.4, 0.5) is 5.69 Å². The maximum atomic E-state index is 12.5. The largest absolute Gasteiger partial charge is 0.395 e. The molecular weight excluding hydrogens is 302 g/mol. The summed E-state index contributed by atoms with van der Waals surface area (Å²) < 4.78 is 24.9. The van der Waals surface area contributed by atoms with Crippen molar-refractivity contribution in [2.24, 2.45) is 0 Å². The Hall–Kier alpha value is -1.89. The lowest BCUT2D eigenvalue weighted by atomic mass is 10.3. The molecule has 0 aliphatic rings. The van der Waals surface area contributed by atoms with Gasteiger partial charge in [-0.05, 0) is 36.4 Å². The summed E-state index contributed by atoms with van der Waals surface area (Å²) in [6, 6.07) is 14.7. The number of hydrogen-bond donors (Lipinski definition) is 2. The summed E-state index contributed by atoms with van der Waals surface area (Å²) in [6.07, 6.45) is 0. The highest BCUT2D eigenvalue weighted by atomic mass is 32.2. The van der Waals surface area contributed by atoms with E-state index < -0.39 is 9.84 Å². The van der Waals surface area contributed by atoms with Gasteiger partial charge in [-0.25, -0.2) is 8.42 Å². The van der Waals surface area contributed by atoms with Crippen molar-refractivity contribution < 1.29 is 18.6 Å². The van der Waals surface area contributed by atoms with Gasteiger partial charge in [0.15, 0.2) is 0 Å². The number of rotatable bonds is 7. The monoisotopic (exact) mass is 321 g/mol. The summed E-state index contributed by atoms with van der Waals surface area (Å²) in [4.78, 5) is 2.26. The molecule has 0 atom stereocenters. The van der Waals surface area contributed by atoms with E-state index in [2.05, 4.69) is 0 Å². The van der Waals surface area contributed by atoms with Gasteiger partial charge in [0.25, 0.3) is 0 Å². The predicted octanol–water partition coefficient (Wildman–Crippen LogP) is 1.31. The van der Waals surface area contributed by atoms with Crippen LogP contribution in [0.2, 0.25) is 0 Å². The van der Waals surface area contributed by atoms with Crippen molar-refractivity contribution in [2.75, 3.05) is 31.2 Å².